The number of ether oxygens (including phenoxy) is 1. The number of carbonyl (C=O) groups excluding carboxylic acids is 1. The molecule has 0 fully saturated rings. The third-order valence-corrected chi connectivity index (χ3v) is 4.39. The van der Waals surface area contributed by atoms with E-state index in [1.807, 2.05) is 31.2 Å². The molecule has 21 heavy (non-hydrogen) atoms. The van der Waals surface area contributed by atoms with E-state index >= 15 is 0 Å². The Balaban J connectivity index is 2.70. The number of hydrogen-bond donors (Lipinski definition) is 1. The zero-order valence-electron chi connectivity index (χ0n) is 13.2. The van der Waals surface area contributed by atoms with Crippen LogP contribution in [0.25, 0.3) is 0 Å². The third-order valence-electron chi connectivity index (χ3n) is 3.70. The zero-order chi connectivity index (χ0) is 15.7. The molecule has 0 saturated carbocycles. The van der Waals surface area contributed by atoms with Crippen molar-refractivity contribution in [2.75, 3.05) is 12.4 Å². The first-order chi connectivity index (χ1) is 10.0. The summed E-state index contributed by atoms with van der Waals surface area (Å²) in [4.78, 5) is 12.2. The van der Waals surface area contributed by atoms with Crippen LogP contribution >= 0.6 is 15.9 Å². The Morgan fingerprint density at radius 3 is 2.52 bits per heavy atom. The Bertz CT molecular complexity index is 450. The smallest absolute Gasteiger partial charge is 0.331 e. The van der Waals surface area contributed by atoms with Gasteiger partial charge in [0, 0.05) is 10.2 Å². The summed E-state index contributed by atoms with van der Waals surface area (Å²) in [6.07, 6.45) is 6.64. The predicted octanol–water partition coefficient (Wildman–Crippen LogP) is 5.15. The molecule has 0 heterocycles. The second-order valence-corrected chi connectivity index (χ2v) is 6.45. The SMILES string of the molecule is CCCCCCCC(C)(Nc1ccccc1Br)C(=O)OC. The first-order valence-corrected chi connectivity index (χ1v) is 8.44. The van der Waals surface area contributed by atoms with E-state index in [-0.39, 0.29) is 5.97 Å². The van der Waals surface area contributed by atoms with Crippen LogP contribution in [0.15, 0.2) is 28.7 Å². The molecule has 3 nitrogen and oxygen atoms in total. The van der Waals surface area contributed by atoms with Crippen molar-refractivity contribution < 1.29 is 9.53 Å². The molecule has 4 heteroatoms. The molecule has 1 unspecified atom stereocenters. The number of halogens is 1. The summed E-state index contributed by atoms with van der Waals surface area (Å²) < 4.78 is 5.94. The first kappa shape index (κ1) is 18.0. The average molecular weight is 356 g/mol. The van der Waals surface area contributed by atoms with E-state index in [4.69, 9.17) is 4.74 Å². The fourth-order valence-electron chi connectivity index (χ4n) is 2.38. The van der Waals surface area contributed by atoms with Gasteiger partial charge in [-0.15, -0.1) is 0 Å². The lowest BCUT2D eigenvalue weighted by atomic mass is 9.93. The highest BCUT2D eigenvalue weighted by atomic mass is 79.9. The van der Waals surface area contributed by atoms with Crippen molar-refractivity contribution in [3.8, 4) is 0 Å². The van der Waals surface area contributed by atoms with Crippen LogP contribution in [0.1, 0.15) is 52.4 Å². The molecular formula is C17H26BrNO2. The molecule has 0 spiro atoms. The minimum Gasteiger partial charge on any atom is -0.467 e. The fraction of sp³-hybridized carbons (Fsp3) is 0.588. The van der Waals surface area contributed by atoms with Crippen molar-refractivity contribution in [3.63, 3.8) is 0 Å². The highest BCUT2D eigenvalue weighted by molar-refractivity contribution is 9.10. The Labute approximate surface area is 136 Å². The van der Waals surface area contributed by atoms with Gasteiger partial charge in [-0.2, -0.15) is 0 Å². The summed E-state index contributed by atoms with van der Waals surface area (Å²) in [5, 5.41) is 3.34. The van der Waals surface area contributed by atoms with Gasteiger partial charge in [0.25, 0.3) is 0 Å². The van der Waals surface area contributed by atoms with E-state index in [2.05, 4.69) is 28.2 Å². The van der Waals surface area contributed by atoms with Crippen LogP contribution in [0.3, 0.4) is 0 Å². The fourth-order valence-corrected chi connectivity index (χ4v) is 2.77. The third kappa shape index (κ3) is 5.70. The number of nitrogens with one attached hydrogen (secondary N) is 1. The van der Waals surface area contributed by atoms with Crippen LogP contribution in [0.2, 0.25) is 0 Å². The van der Waals surface area contributed by atoms with Crippen LogP contribution in [0.5, 0.6) is 0 Å². The van der Waals surface area contributed by atoms with E-state index in [1.54, 1.807) is 0 Å². The monoisotopic (exact) mass is 355 g/mol. The van der Waals surface area contributed by atoms with Crippen molar-refractivity contribution in [2.24, 2.45) is 0 Å². The maximum Gasteiger partial charge on any atom is 0.331 e. The molecule has 0 aliphatic rings. The van der Waals surface area contributed by atoms with Crippen LogP contribution in [0.4, 0.5) is 5.69 Å². The topological polar surface area (TPSA) is 38.3 Å². The van der Waals surface area contributed by atoms with Crippen LogP contribution < -0.4 is 5.32 Å². The second kappa shape index (κ2) is 9.08. The van der Waals surface area contributed by atoms with E-state index in [0.717, 1.165) is 29.4 Å². The summed E-state index contributed by atoms with van der Waals surface area (Å²) in [6, 6.07) is 7.82. The molecule has 1 rings (SSSR count). The summed E-state index contributed by atoms with van der Waals surface area (Å²) in [7, 11) is 1.44. The molecular weight excluding hydrogens is 330 g/mol. The highest BCUT2D eigenvalue weighted by Crippen LogP contribution is 2.28. The van der Waals surface area contributed by atoms with Crippen LogP contribution in [-0.4, -0.2) is 18.6 Å². The lowest BCUT2D eigenvalue weighted by molar-refractivity contribution is -0.145. The standard InChI is InChI=1S/C17H26BrNO2/c1-4-5-6-7-10-13-17(2,16(20)21-3)19-15-12-9-8-11-14(15)18/h8-9,11-12,19H,4-7,10,13H2,1-3H3. The average Bonchev–Trinajstić information content (AvgIpc) is 2.48. The summed E-state index contributed by atoms with van der Waals surface area (Å²) in [5.41, 5.74) is 0.226. The molecule has 0 radical (unpaired) electrons. The number of methoxy groups -OCH3 is 1. The summed E-state index contributed by atoms with van der Waals surface area (Å²) in [5.74, 6) is -0.214. The number of carbonyl (C=O) groups is 1. The first-order valence-electron chi connectivity index (χ1n) is 7.64. The van der Waals surface area contributed by atoms with Gasteiger partial charge in [-0.1, -0.05) is 51.2 Å². The van der Waals surface area contributed by atoms with Crippen molar-refractivity contribution in [2.45, 2.75) is 57.9 Å². The lowest BCUT2D eigenvalue weighted by Crippen LogP contribution is -2.44. The lowest BCUT2D eigenvalue weighted by Gasteiger charge is -2.29. The normalized spacial score (nSPS) is 13.5. The Morgan fingerprint density at radius 1 is 1.24 bits per heavy atom. The van der Waals surface area contributed by atoms with E-state index in [0.29, 0.717) is 0 Å². The molecule has 0 aliphatic carbocycles. The molecule has 0 aliphatic heterocycles. The second-order valence-electron chi connectivity index (χ2n) is 5.59. The summed E-state index contributed by atoms with van der Waals surface area (Å²) >= 11 is 3.51. The minimum absolute atomic E-state index is 0.214. The molecule has 0 amide bonds. The molecule has 1 aromatic rings. The van der Waals surface area contributed by atoms with Crippen LogP contribution in [0, 0.1) is 0 Å². The van der Waals surface area contributed by atoms with Crippen molar-refractivity contribution in [1.82, 2.24) is 0 Å². The number of rotatable bonds is 9. The van der Waals surface area contributed by atoms with Gasteiger partial charge in [-0.25, -0.2) is 4.79 Å². The number of para-hydroxylation sites is 1. The number of benzene rings is 1. The number of esters is 1. The van der Waals surface area contributed by atoms with E-state index < -0.39 is 5.54 Å². The van der Waals surface area contributed by atoms with Crippen LogP contribution in [-0.2, 0) is 9.53 Å². The maximum atomic E-state index is 12.2. The van der Waals surface area contributed by atoms with Gasteiger partial charge in [0.2, 0.25) is 0 Å². The molecule has 0 bridgehead atoms. The largest absolute Gasteiger partial charge is 0.467 e. The minimum atomic E-state index is -0.690. The Kier molecular flexibility index (Phi) is 7.79. The Morgan fingerprint density at radius 2 is 1.90 bits per heavy atom. The number of hydrogen-bond acceptors (Lipinski definition) is 3. The van der Waals surface area contributed by atoms with Gasteiger partial charge < -0.3 is 10.1 Å². The van der Waals surface area contributed by atoms with Gasteiger partial charge >= 0.3 is 5.97 Å². The van der Waals surface area contributed by atoms with Crippen molar-refractivity contribution in [3.05, 3.63) is 28.7 Å². The number of unbranched alkanes of at least 4 members (excludes halogenated alkanes) is 4. The zero-order valence-corrected chi connectivity index (χ0v) is 14.8. The van der Waals surface area contributed by atoms with Gasteiger partial charge in [-0.3, -0.25) is 0 Å². The van der Waals surface area contributed by atoms with Gasteiger partial charge in [0.15, 0.2) is 0 Å². The van der Waals surface area contributed by atoms with E-state index in [9.17, 15) is 4.79 Å². The van der Waals surface area contributed by atoms with Crippen molar-refractivity contribution in [1.29, 1.82) is 0 Å². The molecule has 1 atom stereocenters. The molecule has 0 aromatic heterocycles. The summed E-state index contributed by atoms with van der Waals surface area (Å²) in [6.45, 7) is 4.12. The predicted molar refractivity (Wildman–Crippen MR) is 91.6 cm³/mol. The van der Waals surface area contributed by atoms with Crippen molar-refractivity contribution >= 4 is 27.6 Å². The highest BCUT2D eigenvalue weighted by Gasteiger charge is 2.34. The van der Waals surface area contributed by atoms with E-state index in [1.165, 1.54) is 26.4 Å². The molecule has 118 valence electrons. The maximum absolute atomic E-state index is 12.2. The van der Waals surface area contributed by atoms with Gasteiger partial charge in [0.05, 0.1) is 7.11 Å². The molecule has 1 N–H and O–H groups in total. The quantitative estimate of drug-likeness (QED) is 0.491. The van der Waals surface area contributed by atoms with Gasteiger partial charge in [0.1, 0.15) is 5.54 Å². The number of anilines is 1. The van der Waals surface area contributed by atoms with Gasteiger partial charge in [-0.05, 0) is 41.4 Å². The Hall–Kier alpha value is -1.03. The molecule has 1 aromatic carbocycles. The molecule has 0 saturated heterocycles.